The Morgan fingerprint density at radius 3 is 2.94 bits per heavy atom. The summed E-state index contributed by atoms with van der Waals surface area (Å²) in [7, 11) is 0. The van der Waals surface area contributed by atoms with Crippen molar-refractivity contribution in [1.82, 2.24) is 10.2 Å². The van der Waals surface area contributed by atoms with Crippen molar-refractivity contribution in [2.24, 2.45) is 0 Å². The molecule has 0 spiro atoms. The topological polar surface area (TPSA) is 15.3 Å². The van der Waals surface area contributed by atoms with Crippen LogP contribution in [0.1, 0.15) is 50.3 Å². The summed E-state index contributed by atoms with van der Waals surface area (Å²) in [6.45, 7) is 6.87. The fourth-order valence-electron chi connectivity index (χ4n) is 3.81. The Bertz CT molecular complexity index is 415. The minimum absolute atomic E-state index is 0.581. The zero-order valence-corrected chi connectivity index (χ0v) is 11.5. The Kier molecular flexibility index (Phi) is 3.40. The van der Waals surface area contributed by atoms with Gasteiger partial charge >= 0.3 is 0 Å². The van der Waals surface area contributed by atoms with Gasteiger partial charge in [0, 0.05) is 31.2 Å². The molecule has 2 aliphatic rings. The maximum atomic E-state index is 3.59. The largest absolute Gasteiger partial charge is 0.311 e. The molecule has 3 rings (SSSR count). The summed E-state index contributed by atoms with van der Waals surface area (Å²) < 4.78 is 0. The van der Waals surface area contributed by atoms with Crippen molar-refractivity contribution >= 4 is 0 Å². The van der Waals surface area contributed by atoms with Gasteiger partial charge < -0.3 is 5.32 Å². The minimum Gasteiger partial charge on any atom is -0.311 e. The maximum absolute atomic E-state index is 3.59. The Labute approximate surface area is 110 Å². The van der Waals surface area contributed by atoms with Crippen molar-refractivity contribution in [3.8, 4) is 0 Å². The summed E-state index contributed by atoms with van der Waals surface area (Å²) in [6.07, 6.45) is 4.01. The molecule has 1 aromatic carbocycles. The Hall–Kier alpha value is -0.860. The average Bonchev–Trinajstić information content (AvgIpc) is 2.79. The second-order valence-electron chi connectivity index (χ2n) is 5.78. The van der Waals surface area contributed by atoms with Crippen molar-refractivity contribution < 1.29 is 0 Å². The summed E-state index contributed by atoms with van der Waals surface area (Å²) >= 11 is 0. The summed E-state index contributed by atoms with van der Waals surface area (Å²) in [5.41, 5.74) is 3.05. The van der Waals surface area contributed by atoms with Crippen LogP contribution in [0.4, 0.5) is 0 Å². The van der Waals surface area contributed by atoms with Gasteiger partial charge in [0.1, 0.15) is 0 Å². The fourth-order valence-corrected chi connectivity index (χ4v) is 3.81. The molecule has 3 atom stereocenters. The van der Waals surface area contributed by atoms with E-state index < -0.39 is 0 Å². The molecule has 1 saturated heterocycles. The number of hydrogen-bond donors (Lipinski definition) is 1. The summed E-state index contributed by atoms with van der Waals surface area (Å²) in [5, 5.41) is 3.59. The predicted molar refractivity (Wildman–Crippen MR) is 75.5 cm³/mol. The third-order valence-corrected chi connectivity index (χ3v) is 4.75. The lowest BCUT2D eigenvalue weighted by Gasteiger charge is -2.39. The third kappa shape index (κ3) is 1.98. The molecule has 1 aromatic rings. The van der Waals surface area contributed by atoms with E-state index in [1.54, 1.807) is 5.56 Å². The molecule has 0 aromatic heterocycles. The second kappa shape index (κ2) is 5.02. The first kappa shape index (κ1) is 12.2. The first-order valence-corrected chi connectivity index (χ1v) is 7.37. The van der Waals surface area contributed by atoms with Crippen LogP contribution in [-0.4, -0.2) is 23.5 Å². The fraction of sp³-hybridized carbons (Fsp3) is 0.625. The van der Waals surface area contributed by atoms with Crippen LogP contribution in [-0.2, 0) is 6.54 Å². The molecule has 0 bridgehead atoms. The van der Waals surface area contributed by atoms with Gasteiger partial charge in [0.2, 0.25) is 0 Å². The number of hydrogen-bond acceptors (Lipinski definition) is 2. The molecule has 1 fully saturated rings. The van der Waals surface area contributed by atoms with Crippen molar-refractivity contribution in [3.63, 3.8) is 0 Å². The Balaban J connectivity index is 1.93. The number of rotatable bonds is 2. The standard InChI is InChI=1S/C16H24N2/c1-3-14-9-8-12(2)18(14)16-11-17-10-13-6-4-5-7-15(13)16/h4-7,12,14,16-17H,3,8-11H2,1-2H3. The van der Waals surface area contributed by atoms with E-state index >= 15 is 0 Å². The van der Waals surface area contributed by atoms with Crippen molar-refractivity contribution in [2.75, 3.05) is 6.54 Å². The van der Waals surface area contributed by atoms with Gasteiger partial charge in [-0.2, -0.15) is 0 Å². The van der Waals surface area contributed by atoms with E-state index in [1.807, 2.05) is 0 Å². The van der Waals surface area contributed by atoms with Gasteiger partial charge in [0.15, 0.2) is 0 Å². The number of fused-ring (bicyclic) bond motifs is 1. The van der Waals surface area contributed by atoms with Gasteiger partial charge in [-0.05, 0) is 37.3 Å². The van der Waals surface area contributed by atoms with E-state index in [-0.39, 0.29) is 0 Å². The molecule has 2 nitrogen and oxygen atoms in total. The van der Waals surface area contributed by atoms with E-state index in [4.69, 9.17) is 0 Å². The highest BCUT2D eigenvalue weighted by Crippen LogP contribution is 2.37. The van der Waals surface area contributed by atoms with E-state index in [0.29, 0.717) is 6.04 Å². The minimum atomic E-state index is 0.581. The van der Waals surface area contributed by atoms with E-state index in [9.17, 15) is 0 Å². The predicted octanol–water partition coefficient (Wildman–Crippen LogP) is 3.09. The normalized spacial score (nSPS) is 32.4. The second-order valence-corrected chi connectivity index (χ2v) is 5.78. The van der Waals surface area contributed by atoms with Gasteiger partial charge in [0.25, 0.3) is 0 Å². The van der Waals surface area contributed by atoms with Crippen LogP contribution in [0.5, 0.6) is 0 Å². The maximum Gasteiger partial charge on any atom is 0.0481 e. The lowest BCUT2D eigenvalue weighted by Crippen LogP contribution is -2.44. The smallest absolute Gasteiger partial charge is 0.0481 e. The van der Waals surface area contributed by atoms with Gasteiger partial charge in [-0.1, -0.05) is 31.2 Å². The van der Waals surface area contributed by atoms with Gasteiger partial charge in [-0.25, -0.2) is 0 Å². The molecule has 0 radical (unpaired) electrons. The van der Waals surface area contributed by atoms with Crippen molar-refractivity contribution in [1.29, 1.82) is 0 Å². The number of likely N-dealkylation sites (tertiary alicyclic amines) is 1. The molecule has 1 N–H and O–H groups in total. The monoisotopic (exact) mass is 244 g/mol. The van der Waals surface area contributed by atoms with Gasteiger partial charge in [-0.3, -0.25) is 4.90 Å². The first-order chi connectivity index (χ1) is 8.81. The quantitative estimate of drug-likeness (QED) is 0.860. The third-order valence-electron chi connectivity index (χ3n) is 4.75. The molecule has 3 unspecified atom stereocenters. The first-order valence-electron chi connectivity index (χ1n) is 7.37. The van der Waals surface area contributed by atoms with Crippen molar-refractivity contribution in [2.45, 2.75) is 57.8 Å². The Morgan fingerprint density at radius 2 is 2.11 bits per heavy atom. The molecular formula is C16H24N2. The zero-order chi connectivity index (χ0) is 12.5. The molecular weight excluding hydrogens is 220 g/mol. The zero-order valence-electron chi connectivity index (χ0n) is 11.5. The highest BCUT2D eigenvalue weighted by atomic mass is 15.2. The van der Waals surface area contributed by atoms with Crippen LogP contribution in [0.3, 0.4) is 0 Å². The molecule has 2 aliphatic heterocycles. The molecule has 2 heterocycles. The van der Waals surface area contributed by atoms with E-state index in [0.717, 1.165) is 25.2 Å². The summed E-state index contributed by atoms with van der Waals surface area (Å²) in [4.78, 5) is 2.77. The lowest BCUT2D eigenvalue weighted by molar-refractivity contribution is 0.125. The summed E-state index contributed by atoms with van der Waals surface area (Å²) in [5.74, 6) is 0. The number of benzene rings is 1. The molecule has 18 heavy (non-hydrogen) atoms. The van der Waals surface area contributed by atoms with Crippen LogP contribution in [0, 0.1) is 0 Å². The van der Waals surface area contributed by atoms with Crippen LogP contribution in [0.15, 0.2) is 24.3 Å². The molecule has 2 heteroatoms. The van der Waals surface area contributed by atoms with Crippen LogP contribution < -0.4 is 5.32 Å². The van der Waals surface area contributed by atoms with Crippen molar-refractivity contribution in [3.05, 3.63) is 35.4 Å². The highest BCUT2D eigenvalue weighted by molar-refractivity contribution is 5.32. The van der Waals surface area contributed by atoms with Crippen LogP contribution in [0.2, 0.25) is 0 Å². The highest BCUT2D eigenvalue weighted by Gasteiger charge is 2.36. The summed E-state index contributed by atoms with van der Waals surface area (Å²) in [6, 6.07) is 11.0. The van der Waals surface area contributed by atoms with Crippen LogP contribution in [0.25, 0.3) is 0 Å². The molecule has 0 aliphatic carbocycles. The molecule has 0 saturated carbocycles. The lowest BCUT2D eigenvalue weighted by atomic mass is 9.94. The van der Waals surface area contributed by atoms with Crippen LogP contribution >= 0.6 is 0 Å². The van der Waals surface area contributed by atoms with Gasteiger partial charge in [-0.15, -0.1) is 0 Å². The van der Waals surface area contributed by atoms with E-state index in [2.05, 4.69) is 48.3 Å². The Morgan fingerprint density at radius 1 is 1.28 bits per heavy atom. The number of nitrogens with one attached hydrogen (secondary N) is 1. The SMILES string of the molecule is CCC1CCC(C)N1C1CNCc2ccccc21. The van der Waals surface area contributed by atoms with Gasteiger partial charge in [0.05, 0.1) is 0 Å². The molecule has 98 valence electrons. The molecule has 0 amide bonds. The number of nitrogens with zero attached hydrogens (tertiary/aromatic N) is 1. The average molecular weight is 244 g/mol. The van der Waals surface area contributed by atoms with E-state index in [1.165, 1.54) is 24.8 Å².